The molecule has 0 aliphatic carbocycles. The fraction of sp³-hybridized carbons (Fsp3) is 0.750. The topological polar surface area (TPSA) is 60.4 Å². The van der Waals surface area contributed by atoms with E-state index < -0.39 is 12.8 Å². The van der Waals surface area contributed by atoms with Crippen LogP contribution in [-0.4, -0.2) is 10.0 Å². The molecule has 50 valence electrons. The normalized spacial score (nSPS) is 20.1. The van der Waals surface area contributed by atoms with Crippen molar-refractivity contribution in [2.75, 3.05) is 0 Å². The van der Waals surface area contributed by atoms with Gasteiger partial charge in [0, 0.05) is 0 Å². The van der Waals surface area contributed by atoms with Crippen molar-refractivity contribution in [2.24, 2.45) is 0 Å². The Labute approximate surface area is 48.9 Å². The molecule has 3 nitrogen and oxygen atoms in total. The van der Waals surface area contributed by atoms with Gasteiger partial charge in [-0.3, -0.25) is 0 Å². The highest BCUT2D eigenvalue weighted by molar-refractivity contribution is 7.52. The summed E-state index contributed by atoms with van der Waals surface area (Å²) >= 11 is 0. The average Bonchev–Trinajstić information content (AvgIpc) is 1.25. The van der Waals surface area contributed by atoms with Gasteiger partial charge < -0.3 is 21.3 Å². The van der Waals surface area contributed by atoms with Crippen LogP contribution < -0.4 is 4.89 Å². The molecule has 0 aliphatic rings. The summed E-state index contributed by atoms with van der Waals surface area (Å²) in [7, 11) is -4.21. The summed E-state index contributed by atoms with van der Waals surface area (Å²) in [5.74, 6) is 0. The van der Waals surface area contributed by atoms with Gasteiger partial charge in [-0.25, -0.2) is 0 Å². The molecule has 0 radical (unpaired) electrons. The van der Waals surface area contributed by atoms with E-state index in [1.54, 1.807) is 0 Å². The van der Waals surface area contributed by atoms with Crippen molar-refractivity contribution in [1.29, 1.82) is 0 Å². The maximum atomic E-state index is 10.2. The SMILES string of the molecule is [CH2-]C(C)(C)P(=O)([O-])O. The zero-order valence-electron chi connectivity index (χ0n) is 4.92. The fourth-order valence-electron chi connectivity index (χ4n) is 0. The number of hydrogen-bond donors (Lipinski definition) is 1. The minimum atomic E-state index is -4.21. The van der Waals surface area contributed by atoms with Crippen molar-refractivity contribution in [1.82, 2.24) is 0 Å². The second-order valence-corrected chi connectivity index (χ2v) is 4.58. The fourth-order valence-corrected chi connectivity index (χ4v) is 0. The van der Waals surface area contributed by atoms with Crippen molar-refractivity contribution < 1.29 is 14.4 Å². The van der Waals surface area contributed by atoms with Crippen LogP contribution in [0.3, 0.4) is 0 Å². The molecule has 0 rings (SSSR count). The van der Waals surface area contributed by atoms with Crippen molar-refractivity contribution in [2.45, 2.75) is 19.0 Å². The zero-order valence-corrected chi connectivity index (χ0v) is 5.81. The van der Waals surface area contributed by atoms with Crippen LogP contribution in [0.1, 0.15) is 13.8 Å². The molecule has 0 spiro atoms. The average molecular weight is 136 g/mol. The predicted molar refractivity (Wildman–Crippen MR) is 29.3 cm³/mol. The Morgan fingerprint density at radius 1 is 1.75 bits per heavy atom. The van der Waals surface area contributed by atoms with E-state index in [2.05, 4.69) is 6.92 Å². The van der Waals surface area contributed by atoms with E-state index in [1.807, 2.05) is 0 Å². The van der Waals surface area contributed by atoms with Gasteiger partial charge in [0.25, 0.3) is 0 Å². The van der Waals surface area contributed by atoms with Crippen LogP contribution in [-0.2, 0) is 4.57 Å². The minimum Gasteiger partial charge on any atom is -0.780 e. The Balaban J connectivity index is 4.26. The first-order valence-electron chi connectivity index (χ1n) is 2.14. The first kappa shape index (κ1) is 8.15. The van der Waals surface area contributed by atoms with E-state index in [9.17, 15) is 9.46 Å². The number of rotatable bonds is 1. The Morgan fingerprint density at radius 3 is 1.88 bits per heavy atom. The molecule has 1 unspecified atom stereocenters. The van der Waals surface area contributed by atoms with Crippen molar-refractivity contribution in [3.63, 3.8) is 0 Å². The van der Waals surface area contributed by atoms with Gasteiger partial charge in [0.15, 0.2) is 0 Å². The molecule has 0 aromatic heterocycles. The molecule has 0 saturated carbocycles. The van der Waals surface area contributed by atoms with E-state index in [4.69, 9.17) is 4.89 Å². The standard InChI is InChI=1S/C4H10O3P/c1-4(2,3)8(5,6)7/h1H2,2-3H3,(H2,5,6,7)/q-1/p-1. The molecular formula is C4H9O3P-2. The molecule has 0 aromatic carbocycles. The third kappa shape index (κ3) is 1.95. The van der Waals surface area contributed by atoms with Crippen LogP contribution in [0.2, 0.25) is 0 Å². The van der Waals surface area contributed by atoms with E-state index in [0.29, 0.717) is 0 Å². The van der Waals surface area contributed by atoms with E-state index in [1.165, 1.54) is 13.8 Å². The molecule has 1 N–H and O–H groups in total. The Morgan fingerprint density at radius 2 is 1.88 bits per heavy atom. The van der Waals surface area contributed by atoms with Gasteiger partial charge in [-0.05, 0) is 0 Å². The lowest BCUT2D eigenvalue weighted by Gasteiger charge is -2.37. The lowest BCUT2D eigenvalue weighted by molar-refractivity contribution is -0.197. The van der Waals surface area contributed by atoms with Crippen LogP contribution in [0, 0.1) is 6.92 Å². The molecule has 4 heteroatoms. The summed E-state index contributed by atoms with van der Waals surface area (Å²) < 4.78 is 10.2. The highest BCUT2D eigenvalue weighted by Gasteiger charge is 2.14. The summed E-state index contributed by atoms with van der Waals surface area (Å²) in [5.41, 5.74) is 0. The Hall–Kier alpha value is 0.150. The third-order valence-corrected chi connectivity index (χ3v) is 2.29. The van der Waals surface area contributed by atoms with Crippen molar-refractivity contribution in [3.8, 4) is 0 Å². The van der Waals surface area contributed by atoms with Crippen LogP contribution in [0.25, 0.3) is 0 Å². The lowest BCUT2D eigenvalue weighted by Crippen LogP contribution is -2.22. The van der Waals surface area contributed by atoms with E-state index >= 15 is 0 Å². The van der Waals surface area contributed by atoms with E-state index in [-0.39, 0.29) is 0 Å². The van der Waals surface area contributed by atoms with Gasteiger partial charge in [0.2, 0.25) is 0 Å². The van der Waals surface area contributed by atoms with Crippen molar-refractivity contribution in [3.05, 3.63) is 6.92 Å². The quantitative estimate of drug-likeness (QED) is 0.412. The van der Waals surface area contributed by atoms with Gasteiger partial charge >= 0.3 is 0 Å². The summed E-state index contributed by atoms with van der Waals surface area (Å²) in [5, 5.41) is -1.26. The summed E-state index contributed by atoms with van der Waals surface area (Å²) in [4.78, 5) is 18.5. The molecule has 1 atom stereocenters. The summed E-state index contributed by atoms with van der Waals surface area (Å²) in [6.45, 7) is 5.88. The molecule has 0 amide bonds. The van der Waals surface area contributed by atoms with Crippen molar-refractivity contribution >= 4 is 7.60 Å². The van der Waals surface area contributed by atoms with Gasteiger partial charge in [-0.15, -0.1) is 0 Å². The van der Waals surface area contributed by atoms with E-state index in [0.717, 1.165) is 0 Å². The molecule has 0 fully saturated rings. The zero-order chi connectivity index (χ0) is 7.00. The molecule has 8 heavy (non-hydrogen) atoms. The molecule has 0 bridgehead atoms. The second-order valence-electron chi connectivity index (χ2n) is 2.33. The van der Waals surface area contributed by atoms with Crippen LogP contribution in [0.5, 0.6) is 0 Å². The lowest BCUT2D eigenvalue weighted by atomic mass is 10.3. The Bertz CT molecular complexity index is 118. The molecule has 0 aliphatic heterocycles. The highest BCUT2D eigenvalue weighted by atomic mass is 31.2. The van der Waals surface area contributed by atoms with Crippen LogP contribution >= 0.6 is 7.60 Å². The smallest absolute Gasteiger partial charge is 0.108 e. The molecule has 0 heterocycles. The van der Waals surface area contributed by atoms with Gasteiger partial charge in [0.1, 0.15) is 7.60 Å². The van der Waals surface area contributed by atoms with Crippen LogP contribution in [0.15, 0.2) is 0 Å². The summed E-state index contributed by atoms with van der Waals surface area (Å²) in [6.07, 6.45) is 0. The Kier molecular flexibility index (Phi) is 1.87. The largest absolute Gasteiger partial charge is 0.780 e. The maximum Gasteiger partial charge on any atom is 0.108 e. The monoisotopic (exact) mass is 136 g/mol. The third-order valence-electron chi connectivity index (χ3n) is 0.765. The number of hydrogen-bond acceptors (Lipinski definition) is 2. The highest BCUT2D eigenvalue weighted by Crippen LogP contribution is 2.44. The second kappa shape index (κ2) is 1.83. The molecular weight excluding hydrogens is 127 g/mol. The maximum absolute atomic E-state index is 10.2. The van der Waals surface area contributed by atoms with Gasteiger partial charge in [-0.2, -0.15) is 0 Å². The molecule has 0 saturated heterocycles. The molecule has 0 aromatic rings. The summed E-state index contributed by atoms with van der Waals surface area (Å²) in [6, 6.07) is 0. The van der Waals surface area contributed by atoms with Crippen LogP contribution in [0.4, 0.5) is 0 Å². The van der Waals surface area contributed by atoms with Gasteiger partial charge in [-0.1, -0.05) is 19.0 Å². The first-order chi connectivity index (χ1) is 3.25. The minimum absolute atomic E-state index is 1.26. The van der Waals surface area contributed by atoms with Gasteiger partial charge in [0.05, 0.1) is 0 Å². The predicted octanol–water partition coefficient (Wildman–Crippen LogP) is 0.145. The first-order valence-corrected chi connectivity index (χ1v) is 3.72.